The highest BCUT2D eigenvalue weighted by Gasteiger charge is 2.44. The van der Waals surface area contributed by atoms with Crippen molar-refractivity contribution in [3.05, 3.63) is 70.9 Å². The van der Waals surface area contributed by atoms with Crippen molar-refractivity contribution in [2.24, 2.45) is 11.8 Å². The lowest BCUT2D eigenvalue weighted by atomic mass is 9.78. The minimum Gasteiger partial charge on any atom is -0.487 e. The zero-order valence-corrected chi connectivity index (χ0v) is 19.4. The van der Waals surface area contributed by atoms with Crippen molar-refractivity contribution < 1.29 is 14.6 Å². The largest absolute Gasteiger partial charge is 0.487 e. The van der Waals surface area contributed by atoms with Crippen molar-refractivity contribution in [2.75, 3.05) is 13.1 Å². The summed E-state index contributed by atoms with van der Waals surface area (Å²) in [4.78, 5) is 15.1. The summed E-state index contributed by atoms with van der Waals surface area (Å²) in [6, 6.07) is 13.8. The molecular formula is C27H31N3O3. The topological polar surface area (TPSA) is 78.5 Å². The first-order valence-electron chi connectivity index (χ1n) is 11.7. The van der Waals surface area contributed by atoms with Gasteiger partial charge in [-0.1, -0.05) is 18.2 Å². The number of likely N-dealkylation sites (tertiary alicyclic amines) is 1. The van der Waals surface area contributed by atoms with Gasteiger partial charge in [-0.2, -0.15) is 5.10 Å². The molecule has 0 radical (unpaired) electrons. The van der Waals surface area contributed by atoms with Crippen LogP contribution in [0.15, 0.2) is 48.7 Å². The van der Waals surface area contributed by atoms with E-state index in [-0.39, 0.29) is 12.0 Å². The molecule has 6 nitrogen and oxygen atoms in total. The molecule has 172 valence electrons. The lowest BCUT2D eigenvalue weighted by Gasteiger charge is -2.35. The van der Waals surface area contributed by atoms with Gasteiger partial charge in [0.25, 0.3) is 5.91 Å². The van der Waals surface area contributed by atoms with E-state index in [1.165, 1.54) is 5.56 Å². The number of benzene rings is 2. The minimum absolute atomic E-state index is 0.0534. The van der Waals surface area contributed by atoms with Crippen LogP contribution in [-0.2, 0) is 0 Å². The first kappa shape index (κ1) is 21.7. The molecule has 4 atom stereocenters. The van der Waals surface area contributed by atoms with E-state index in [1.54, 1.807) is 6.20 Å². The zero-order chi connectivity index (χ0) is 23.1. The Morgan fingerprint density at radius 1 is 1.06 bits per heavy atom. The average molecular weight is 446 g/mol. The number of aliphatic hydroxyl groups excluding tert-OH is 1. The molecule has 1 saturated heterocycles. The summed E-state index contributed by atoms with van der Waals surface area (Å²) in [6.45, 7) is 7.62. The molecule has 0 unspecified atom stereocenters. The lowest BCUT2D eigenvalue weighted by Crippen LogP contribution is -2.42. The molecule has 2 fully saturated rings. The molecule has 1 aliphatic carbocycles. The van der Waals surface area contributed by atoms with Crippen molar-refractivity contribution in [1.29, 1.82) is 0 Å². The van der Waals surface area contributed by atoms with E-state index in [1.807, 2.05) is 35.2 Å². The molecule has 5 rings (SSSR count). The Hall–Kier alpha value is -3.12. The number of carbonyl (C=O) groups excluding carboxylic acids is 1. The van der Waals surface area contributed by atoms with Crippen LogP contribution >= 0.6 is 0 Å². The van der Waals surface area contributed by atoms with Crippen molar-refractivity contribution in [3.8, 4) is 17.0 Å². The summed E-state index contributed by atoms with van der Waals surface area (Å²) in [5, 5.41) is 17.8. The van der Waals surface area contributed by atoms with Crippen molar-refractivity contribution in [1.82, 2.24) is 15.1 Å². The van der Waals surface area contributed by atoms with Crippen LogP contribution in [0, 0.1) is 32.6 Å². The maximum Gasteiger partial charge on any atom is 0.253 e. The summed E-state index contributed by atoms with van der Waals surface area (Å²) in [6.07, 6.45) is 2.39. The third kappa shape index (κ3) is 4.27. The Bertz CT molecular complexity index is 1140. The molecule has 3 aromatic rings. The fourth-order valence-electron chi connectivity index (χ4n) is 5.36. The molecule has 2 heterocycles. The smallest absolute Gasteiger partial charge is 0.253 e. The highest BCUT2D eigenvalue weighted by Crippen LogP contribution is 2.39. The predicted octanol–water partition coefficient (Wildman–Crippen LogP) is 4.29. The van der Waals surface area contributed by atoms with Gasteiger partial charge in [0.15, 0.2) is 0 Å². The molecule has 6 heteroatoms. The highest BCUT2D eigenvalue weighted by atomic mass is 16.5. The van der Waals surface area contributed by atoms with Gasteiger partial charge in [0.05, 0.1) is 11.8 Å². The maximum atomic E-state index is 13.2. The van der Waals surface area contributed by atoms with Crippen LogP contribution in [0.3, 0.4) is 0 Å². The number of ether oxygens (including phenoxy) is 1. The number of hydrogen-bond donors (Lipinski definition) is 2. The number of nitrogens with zero attached hydrogens (tertiary/aromatic N) is 2. The van der Waals surface area contributed by atoms with Gasteiger partial charge in [-0.25, -0.2) is 0 Å². The Labute approximate surface area is 194 Å². The SMILES string of the molecule is Cc1cc(C)c(C)c(O[C@@H]2C[C@@H]3CN(C(=O)c4ccc(-c5ccn[nH]5)cc4)C[C@@H]3C[C@H]2O)c1. The molecule has 1 aromatic heterocycles. The molecule has 1 amide bonds. The number of aliphatic hydroxyl groups is 1. The number of aromatic amines is 1. The molecular weight excluding hydrogens is 414 g/mol. The Morgan fingerprint density at radius 2 is 1.79 bits per heavy atom. The van der Waals surface area contributed by atoms with Crippen LogP contribution in [0.4, 0.5) is 0 Å². The summed E-state index contributed by atoms with van der Waals surface area (Å²) in [5.74, 6) is 1.57. The van der Waals surface area contributed by atoms with Gasteiger partial charge in [-0.15, -0.1) is 0 Å². The molecule has 2 N–H and O–H groups in total. The van der Waals surface area contributed by atoms with Crippen LogP contribution in [0.25, 0.3) is 11.3 Å². The van der Waals surface area contributed by atoms with Crippen LogP contribution < -0.4 is 4.74 Å². The second-order valence-electron chi connectivity index (χ2n) is 9.68. The summed E-state index contributed by atoms with van der Waals surface area (Å²) in [7, 11) is 0. The number of fused-ring (bicyclic) bond motifs is 1. The second kappa shape index (κ2) is 8.67. The predicted molar refractivity (Wildman–Crippen MR) is 127 cm³/mol. The molecule has 33 heavy (non-hydrogen) atoms. The highest BCUT2D eigenvalue weighted by molar-refractivity contribution is 5.94. The first-order chi connectivity index (χ1) is 15.9. The van der Waals surface area contributed by atoms with Crippen molar-refractivity contribution in [3.63, 3.8) is 0 Å². The molecule has 2 aromatic carbocycles. The summed E-state index contributed by atoms with van der Waals surface area (Å²) < 4.78 is 6.34. The normalized spacial score (nSPS) is 24.5. The van der Waals surface area contributed by atoms with E-state index in [0.29, 0.717) is 36.9 Å². The van der Waals surface area contributed by atoms with Gasteiger partial charge in [0, 0.05) is 24.8 Å². The average Bonchev–Trinajstić information content (AvgIpc) is 3.47. The van der Waals surface area contributed by atoms with Gasteiger partial charge < -0.3 is 14.7 Å². The monoisotopic (exact) mass is 445 g/mol. The standard InChI is InChI=1S/C27H31N3O3/c1-16-10-17(2)18(3)25(11-16)33-26-13-22-15-30(14-21(22)12-24(26)31)27(32)20-6-4-19(5-7-20)23-8-9-28-29-23/h4-11,21-22,24,26,31H,12-15H2,1-3H3,(H,28,29)/t21-,22+,24+,26+/m0/s1. The van der Waals surface area contributed by atoms with Crippen molar-refractivity contribution in [2.45, 2.75) is 45.8 Å². The van der Waals surface area contributed by atoms with E-state index in [9.17, 15) is 9.90 Å². The maximum absolute atomic E-state index is 13.2. The fraction of sp³-hybridized carbons (Fsp3) is 0.407. The van der Waals surface area contributed by atoms with Gasteiger partial charge in [0.2, 0.25) is 0 Å². The van der Waals surface area contributed by atoms with Crippen molar-refractivity contribution >= 4 is 5.91 Å². The van der Waals surface area contributed by atoms with E-state index in [2.05, 4.69) is 43.1 Å². The van der Waals surface area contributed by atoms with Crippen LogP contribution in [0.5, 0.6) is 5.75 Å². The number of amides is 1. The third-order valence-corrected chi connectivity index (χ3v) is 7.36. The van der Waals surface area contributed by atoms with E-state index >= 15 is 0 Å². The van der Waals surface area contributed by atoms with Gasteiger partial charge in [-0.3, -0.25) is 9.89 Å². The molecule has 1 aliphatic heterocycles. The van der Waals surface area contributed by atoms with Crippen LogP contribution in [-0.4, -0.2) is 51.4 Å². The second-order valence-corrected chi connectivity index (χ2v) is 9.68. The lowest BCUT2D eigenvalue weighted by molar-refractivity contribution is -0.0234. The Morgan fingerprint density at radius 3 is 2.48 bits per heavy atom. The van der Waals surface area contributed by atoms with Crippen LogP contribution in [0.1, 0.15) is 39.9 Å². The number of nitrogens with one attached hydrogen (secondary N) is 1. The quantitative estimate of drug-likeness (QED) is 0.628. The number of rotatable bonds is 4. The number of hydrogen-bond acceptors (Lipinski definition) is 4. The Kier molecular flexibility index (Phi) is 5.71. The van der Waals surface area contributed by atoms with E-state index in [0.717, 1.165) is 34.6 Å². The number of H-pyrrole nitrogens is 1. The fourth-order valence-corrected chi connectivity index (χ4v) is 5.36. The summed E-state index contributed by atoms with van der Waals surface area (Å²) >= 11 is 0. The number of carbonyl (C=O) groups is 1. The zero-order valence-electron chi connectivity index (χ0n) is 19.4. The van der Waals surface area contributed by atoms with Gasteiger partial charge in [-0.05, 0) is 92.0 Å². The van der Waals surface area contributed by atoms with Gasteiger partial charge in [0.1, 0.15) is 11.9 Å². The Balaban J connectivity index is 1.26. The van der Waals surface area contributed by atoms with E-state index < -0.39 is 6.10 Å². The third-order valence-electron chi connectivity index (χ3n) is 7.36. The van der Waals surface area contributed by atoms with Crippen LogP contribution in [0.2, 0.25) is 0 Å². The molecule has 0 spiro atoms. The summed E-state index contributed by atoms with van der Waals surface area (Å²) in [5.41, 5.74) is 6.11. The molecule has 1 saturated carbocycles. The molecule has 2 aliphatic rings. The first-order valence-corrected chi connectivity index (χ1v) is 11.7. The van der Waals surface area contributed by atoms with Gasteiger partial charge >= 0.3 is 0 Å². The number of aromatic nitrogens is 2. The molecule has 0 bridgehead atoms. The minimum atomic E-state index is -0.518. The number of aryl methyl sites for hydroxylation is 2. The van der Waals surface area contributed by atoms with E-state index in [4.69, 9.17) is 4.74 Å².